The lowest BCUT2D eigenvalue weighted by Gasteiger charge is -2.25. The van der Waals surface area contributed by atoms with Crippen molar-refractivity contribution in [2.75, 3.05) is 32.7 Å². The van der Waals surface area contributed by atoms with Crippen molar-refractivity contribution in [2.45, 2.75) is 116 Å². The summed E-state index contributed by atoms with van der Waals surface area (Å²) >= 11 is 0. The molecule has 1 aliphatic rings. The first-order chi connectivity index (χ1) is 37.1. The molecule has 2 aromatic carbocycles. The van der Waals surface area contributed by atoms with E-state index >= 15 is 0 Å². The molecule has 0 bridgehead atoms. The molecule has 3 unspecified atom stereocenters. The number of carbonyl (C=O) groups excluding carboxylic acids is 9. The number of amides is 9. The molecule has 27 nitrogen and oxygen atoms in total. The number of aromatic nitrogens is 3. The van der Waals surface area contributed by atoms with Crippen molar-refractivity contribution in [3.8, 4) is 0 Å². The van der Waals surface area contributed by atoms with E-state index in [1.165, 1.54) is 42.8 Å². The van der Waals surface area contributed by atoms with Gasteiger partial charge in [0.25, 0.3) is 0 Å². The predicted octanol–water partition coefficient (Wildman–Crippen LogP) is -2.12. The zero-order valence-electron chi connectivity index (χ0n) is 44.9. The Morgan fingerprint density at radius 2 is 1.35 bits per heavy atom. The lowest BCUT2D eigenvalue weighted by molar-refractivity contribution is -0.135. The van der Waals surface area contributed by atoms with Gasteiger partial charge in [0.15, 0.2) is 11.9 Å². The van der Waals surface area contributed by atoms with Crippen LogP contribution in [-0.4, -0.2) is 143 Å². The Morgan fingerprint density at radius 1 is 0.718 bits per heavy atom. The zero-order chi connectivity index (χ0) is 58.0. The van der Waals surface area contributed by atoms with Crippen molar-refractivity contribution >= 4 is 76.0 Å². The molecule has 78 heavy (non-hydrogen) atoms. The van der Waals surface area contributed by atoms with E-state index in [-0.39, 0.29) is 37.7 Å². The molecule has 426 valence electrons. The van der Waals surface area contributed by atoms with Crippen molar-refractivity contribution in [3.05, 3.63) is 90.1 Å². The van der Waals surface area contributed by atoms with Crippen LogP contribution in [0.15, 0.2) is 83.3 Å². The first-order valence-corrected chi connectivity index (χ1v) is 25.4. The van der Waals surface area contributed by atoms with Crippen LogP contribution < -0.4 is 71.2 Å². The van der Waals surface area contributed by atoms with E-state index in [0.717, 1.165) is 25.9 Å². The lowest BCUT2D eigenvalue weighted by atomic mass is 10.0. The molecule has 20 N–H and O–H groups in total. The smallest absolute Gasteiger partial charge is 0.243 e. The van der Waals surface area contributed by atoms with E-state index in [4.69, 9.17) is 28.7 Å². The molecule has 0 radical (unpaired) electrons. The highest BCUT2D eigenvalue weighted by Gasteiger charge is 2.32. The second kappa shape index (κ2) is 36.0. The number of aryl methyl sites for hydroxylation is 1. The molecule has 0 spiro atoms. The highest BCUT2D eigenvalue weighted by atomic mass is 16.2. The van der Waals surface area contributed by atoms with Gasteiger partial charge in [-0.3, -0.25) is 53.1 Å². The summed E-state index contributed by atoms with van der Waals surface area (Å²) in [5, 5.41) is 21.2. The number of para-hydroxylation sites is 1. The number of aliphatic imine (C=N–C) groups is 2. The number of aromatic amines is 2. The van der Waals surface area contributed by atoms with E-state index in [1.54, 1.807) is 30.3 Å². The average Bonchev–Trinajstić information content (AvgIpc) is 4.07. The van der Waals surface area contributed by atoms with Crippen molar-refractivity contribution in [1.29, 1.82) is 0 Å². The van der Waals surface area contributed by atoms with Gasteiger partial charge in [-0.2, -0.15) is 0 Å². The standard InChI is InChI=1S/C34H47N11O9.C9H9N.2C4H11N3/c1-19-31(51)43-23(30(35)50)10-6-7-11-37-27(47)14-26(42-29(49)16-38-20(2)46)34(54)45-25(13-22-15-36-18-40-22)33(53)44-24(12-21-8-4-3-5-9-21)32(52)39-17-28(48)41-19;1-7-6-10-9-5-3-2-4-8(7)9;2*1-2-3-7-4(5)6/h3-5,8-9,15,18-19,23-26H,6-7,10-14,16-17H2,1-2H3,(H2,35,50)(H,36,40)(H,37,47)(H,38,46)(H,39,52)(H,41,48)(H,42,49)(H,43,51)(H,44,53)(H,45,54);2-6,10H,1H3;2*2-3H2,1H3,(H4,5,6,7)/t19-,23?,24?,25-,26?;;;/m0.../s1. The Kier molecular flexibility index (Phi) is 30.1. The third-order valence-corrected chi connectivity index (χ3v) is 11.0. The molecule has 0 aliphatic carbocycles. The molecule has 3 heterocycles. The number of nitrogens with zero attached hydrogens (tertiary/aromatic N) is 3. The minimum absolute atomic E-state index is 0.0277. The van der Waals surface area contributed by atoms with Crippen LogP contribution in [0.1, 0.15) is 83.0 Å². The molecular formula is C51H78N18O9. The van der Waals surface area contributed by atoms with Gasteiger partial charge in [0.05, 0.1) is 25.8 Å². The molecule has 1 fully saturated rings. The molecule has 5 rings (SSSR count). The van der Waals surface area contributed by atoms with Crippen LogP contribution in [0, 0.1) is 6.92 Å². The fourth-order valence-electron chi connectivity index (χ4n) is 6.98. The first-order valence-electron chi connectivity index (χ1n) is 25.4. The Balaban J connectivity index is 0.000000702. The molecule has 4 aromatic rings. The van der Waals surface area contributed by atoms with E-state index in [0.29, 0.717) is 24.1 Å². The molecule has 9 amide bonds. The fraction of sp³-hybridized carbons (Fsp3) is 0.451. The zero-order valence-corrected chi connectivity index (χ0v) is 44.9. The summed E-state index contributed by atoms with van der Waals surface area (Å²) in [5.74, 6) is -6.35. The molecular weight excluding hydrogens is 1010 g/mol. The molecule has 2 aromatic heterocycles. The molecule has 27 heteroatoms. The third-order valence-electron chi connectivity index (χ3n) is 11.0. The van der Waals surface area contributed by atoms with Gasteiger partial charge >= 0.3 is 0 Å². The molecule has 0 saturated carbocycles. The summed E-state index contributed by atoms with van der Waals surface area (Å²) in [6.45, 7) is 9.22. The Morgan fingerprint density at radius 3 is 1.92 bits per heavy atom. The number of fused-ring (bicyclic) bond motifs is 1. The Labute approximate surface area is 453 Å². The highest BCUT2D eigenvalue weighted by Crippen LogP contribution is 2.15. The summed E-state index contributed by atoms with van der Waals surface area (Å²) < 4.78 is 0. The van der Waals surface area contributed by atoms with Crippen LogP contribution in [0.5, 0.6) is 0 Å². The normalized spacial score (nSPS) is 18.7. The molecule has 5 atom stereocenters. The van der Waals surface area contributed by atoms with E-state index in [2.05, 4.69) is 92.6 Å². The van der Waals surface area contributed by atoms with E-state index in [1.807, 2.05) is 26.1 Å². The SMILES string of the molecule is CC(=O)NCC(=O)NC1CC(=O)NCCCCC(C(N)=O)NC(=O)[C@H](C)NC(=O)CNC(=O)C(Cc2ccccc2)NC(=O)[C@H](Cc2cnc[nH]2)NC1=O.CCCN=C(N)N.CCCN=C(N)N.Cc1c[nH]c2ccccc12. The van der Waals surface area contributed by atoms with Crippen molar-refractivity contribution in [2.24, 2.45) is 38.7 Å². The van der Waals surface area contributed by atoms with Gasteiger partial charge in [-0.15, -0.1) is 0 Å². The number of primary amides is 1. The minimum atomic E-state index is -1.51. The second-order valence-electron chi connectivity index (χ2n) is 17.8. The van der Waals surface area contributed by atoms with E-state index in [9.17, 15) is 43.2 Å². The predicted molar refractivity (Wildman–Crippen MR) is 295 cm³/mol. The Bertz CT molecular complexity index is 2580. The van der Waals surface area contributed by atoms with Crippen molar-refractivity contribution < 1.29 is 43.2 Å². The maximum Gasteiger partial charge on any atom is 0.243 e. The van der Waals surface area contributed by atoms with Crippen molar-refractivity contribution in [1.82, 2.24) is 57.5 Å². The largest absolute Gasteiger partial charge is 0.370 e. The highest BCUT2D eigenvalue weighted by molar-refractivity contribution is 5.98. The van der Waals surface area contributed by atoms with Gasteiger partial charge in [-0.1, -0.05) is 62.4 Å². The number of rotatable bonds is 12. The molecule has 1 saturated heterocycles. The Hall–Kier alpha value is -9.04. The summed E-state index contributed by atoms with van der Waals surface area (Å²) in [6, 6.07) is 10.6. The lowest BCUT2D eigenvalue weighted by Crippen LogP contribution is -2.59. The summed E-state index contributed by atoms with van der Waals surface area (Å²) in [7, 11) is 0. The van der Waals surface area contributed by atoms with Gasteiger partial charge < -0.3 is 81.2 Å². The second-order valence-corrected chi connectivity index (χ2v) is 17.8. The number of nitrogens with one attached hydrogen (secondary N) is 10. The summed E-state index contributed by atoms with van der Waals surface area (Å²) in [5.41, 5.74) is 29.1. The maximum absolute atomic E-state index is 13.9. The van der Waals surface area contributed by atoms with Crippen LogP contribution in [0.25, 0.3) is 10.9 Å². The number of hydrogen-bond acceptors (Lipinski definition) is 12. The average molecular weight is 1090 g/mol. The monoisotopic (exact) mass is 1090 g/mol. The minimum Gasteiger partial charge on any atom is -0.370 e. The molecule has 1 aliphatic heterocycles. The van der Waals surface area contributed by atoms with Gasteiger partial charge in [0.1, 0.15) is 30.2 Å². The van der Waals surface area contributed by atoms with Crippen LogP contribution in [0.4, 0.5) is 0 Å². The number of hydrogen-bond donors (Lipinski definition) is 15. The third kappa shape index (κ3) is 27.0. The van der Waals surface area contributed by atoms with Crippen molar-refractivity contribution in [3.63, 3.8) is 0 Å². The van der Waals surface area contributed by atoms with Gasteiger partial charge in [-0.05, 0) is 63.1 Å². The number of carbonyl (C=O) groups is 9. The van der Waals surface area contributed by atoms with Crippen LogP contribution in [0.3, 0.4) is 0 Å². The quantitative estimate of drug-likeness (QED) is 0.0533. The first kappa shape index (κ1) is 65.1. The van der Waals surface area contributed by atoms with Crippen LogP contribution >= 0.6 is 0 Å². The van der Waals surface area contributed by atoms with Gasteiger partial charge in [-0.25, -0.2) is 4.98 Å². The maximum atomic E-state index is 13.9. The summed E-state index contributed by atoms with van der Waals surface area (Å²) in [6.07, 6.45) is 6.84. The topological polar surface area (TPSA) is 449 Å². The van der Waals surface area contributed by atoms with E-state index < -0.39 is 103 Å². The summed E-state index contributed by atoms with van der Waals surface area (Å²) in [4.78, 5) is 133. The van der Waals surface area contributed by atoms with Crippen LogP contribution in [-0.2, 0) is 56.0 Å². The van der Waals surface area contributed by atoms with Gasteiger partial charge in [0, 0.05) is 68.4 Å². The number of H-pyrrole nitrogens is 2. The van der Waals surface area contributed by atoms with Gasteiger partial charge in [0.2, 0.25) is 53.2 Å². The van der Waals surface area contributed by atoms with Crippen LogP contribution in [0.2, 0.25) is 0 Å². The number of imidazole rings is 1. The fourth-order valence-corrected chi connectivity index (χ4v) is 6.98. The number of nitrogens with two attached hydrogens (primary N) is 5. The number of benzene rings is 2. The number of guanidine groups is 2.